The average Bonchev–Trinajstić information content (AvgIpc) is 3.33. The predicted octanol–water partition coefficient (Wildman–Crippen LogP) is 3.23. The maximum atomic E-state index is 13.4. The van der Waals surface area contributed by atoms with Gasteiger partial charge in [-0.05, 0) is 68.7 Å². The molecule has 2 aromatic rings. The van der Waals surface area contributed by atoms with Crippen molar-refractivity contribution < 1.29 is 27.4 Å². The lowest BCUT2D eigenvalue weighted by Crippen LogP contribution is -2.48. The summed E-state index contributed by atoms with van der Waals surface area (Å²) >= 11 is 0. The minimum atomic E-state index is -3.65. The normalized spacial score (nSPS) is 25.4. The molecule has 8 nitrogen and oxygen atoms in total. The van der Waals surface area contributed by atoms with Crippen molar-refractivity contribution in [1.29, 1.82) is 0 Å². The molecule has 0 aliphatic carbocycles. The number of hydrogen-bond donors (Lipinski definition) is 0. The van der Waals surface area contributed by atoms with E-state index in [2.05, 4.69) is 0 Å². The molecule has 3 aliphatic rings. The summed E-state index contributed by atoms with van der Waals surface area (Å²) in [6, 6.07) is 12.1. The molecule has 0 radical (unpaired) electrons. The molecular formula is C25H30N2O6S. The number of carbonyl (C=O) groups is 1. The van der Waals surface area contributed by atoms with E-state index < -0.39 is 10.0 Å². The van der Waals surface area contributed by atoms with Crippen molar-refractivity contribution in [1.82, 2.24) is 9.21 Å². The fourth-order valence-electron chi connectivity index (χ4n) is 5.03. The van der Waals surface area contributed by atoms with Gasteiger partial charge in [-0.3, -0.25) is 4.79 Å². The smallest absolute Gasteiger partial charge is 0.254 e. The zero-order valence-corrected chi connectivity index (χ0v) is 20.3. The summed E-state index contributed by atoms with van der Waals surface area (Å²) in [4.78, 5) is 15.4. The number of amides is 1. The third-order valence-electron chi connectivity index (χ3n) is 6.59. The molecule has 3 heterocycles. The summed E-state index contributed by atoms with van der Waals surface area (Å²) in [6.07, 6.45) is 1.45. The van der Waals surface area contributed by atoms with Crippen LogP contribution in [0.5, 0.6) is 11.5 Å². The minimum Gasteiger partial charge on any atom is -0.486 e. The number of sulfonamides is 1. The molecule has 0 unspecified atom stereocenters. The van der Waals surface area contributed by atoms with Crippen molar-refractivity contribution in [3.63, 3.8) is 0 Å². The summed E-state index contributed by atoms with van der Waals surface area (Å²) in [7, 11) is -3.65. The highest BCUT2D eigenvalue weighted by Gasteiger charge is 2.34. The first-order valence-electron chi connectivity index (χ1n) is 11.8. The standard InChI is InChI=1S/C25H30N2O6S/c1-17-15-26(16-18(2)33-17)34(29,30)21-8-5-19(6-9-21)25(28)27-11-3-4-22(27)20-7-10-23-24(14-20)32-13-12-31-23/h5-10,14,17-18,22H,3-4,11-13,15-16H2,1-2H3/t17-,18+,22-/m1/s1. The Bertz CT molecular complexity index is 1160. The van der Waals surface area contributed by atoms with E-state index in [1.807, 2.05) is 36.9 Å². The van der Waals surface area contributed by atoms with Crippen molar-refractivity contribution in [3.05, 3.63) is 53.6 Å². The first-order chi connectivity index (χ1) is 16.3. The highest BCUT2D eigenvalue weighted by molar-refractivity contribution is 7.89. The molecule has 182 valence electrons. The van der Waals surface area contributed by atoms with E-state index in [1.165, 1.54) is 16.4 Å². The van der Waals surface area contributed by atoms with Gasteiger partial charge >= 0.3 is 0 Å². The third kappa shape index (κ3) is 4.39. The van der Waals surface area contributed by atoms with Crippen molar-refractivity contribution in [3.8, 4) is 11.5 Å². The van der Waals surface area contributed by atoms with Crippen molar-refractivity contribution >= 4 is 15.9 Å². The van der Waals surface area contributed by atoms with E-state index in [0.29, 0.717) is 44.2 Å². The number of benzene rings is 2. The van der Waals surface area contributed by atoms with Crippen LogP contribution >= 0.6 is 0 Å². The summed E-state index contributed by atoms with van der Waals surface area (Å²) < 4.78 is 44.7. The van der Waals surface area contributed by atoms with Gasteiger partial charge < -0.3 is 19.1 Å². The van der Waals surface area contributed by atoms with E-state index >= 15 is 0 Å². The lowest BCUT2D eigenvalue weighted by atomic mass is 10.0. The Morgan fingerprint density at radius 2 is 1.62 bits per heavy atom. The van der Waals surface area contributed by atoms with Gasteiger partial charge in [0.1, 0.15) is 13.2 Å². The van der Waals surface area contributed by atoms with Gasteiger partial charge in [0.05, 0.1) is 23.1 Å². The number of fused-ring (bicyclic) bond motifs is 1. The first-order valence-corrected chi connectivity index (χ1v) is 13.2. The zero-order valence-electron chi connectivity index (χ0n) is 19.5. The van der Waals surface area contributed by atoms with E-state index in [1.54, 1.807) is 12.1 Å². The molecule has 5 rings (SSSR count). The van der Waals surface area contributed by atoms with Gasteiger partial charge in [-0.25, -0.2) is 8.42 Å². The first kappa shape index (κ1) is 23.1. The second-order valence-electron chi connectivity index (χ2n) is 9.16. The summed E-state index contributed by atoms with van der Waals surface area (Å²) in [5, 5.41) is 0. The monoisotopic (exact) mass is 486 g/mol. The molecule has 34 heavy (non-hydrogen) atoms. The molecule has 0 N–H and O–H groups in total. The highest BCUT2D eigenvalue weighted by atomic mass is 32.2. The van der Waals surface area contributed by atoms with Crippen molar-refractivity contribution in [2.24, 2.45) is 0 Å². The molecule has 2 saturated heterocycles. The lowest BCUT2D eigenvalue weighted by molar-refractivity contribution is -0.0440. The quantitative estimate of drug-likeness (QED) is 0.660. The molecule has 9 heteroatoms. The number of likely N-dealkylation sites (tertiary alicyclic amines) is 1. The van der Waals surface area contributed by atoms with Crippen molar-refractivity contribution in [2.75, 3.05) is 32.8 Å². The third-order valence-corrected chi connectivity index (χ3v) is 8.44. The van der Waals surface area contributed by atoms with Crippen LogP contribution in [0.15, 0.2) is 47.4 Å². The summed E-state index contributed by atoms with van der Waals surface area (Å²) in [5.74, 6) is 1.34. The molecule has 0 spiro atoms. The number of nitrogens with zero attached hydrogens (tertiary/aromatic N) is 2. The summed E-state index contributed by atoms with van der Waals surface area (Å²) in [5.41, 5.74) is 1.50. The molecular weight excluding hydrogens is 456 g/mol. The van der Waals surface area contributed by atoms with Crippen molar-refractivity contribution in [2.45, 2.75) is 49.8 Å². The van der Waals surface area contributed by atoms with E-state index in [9.17, 15) is 13.2 Å². The number of morpholine rings is 1. The maximum Gasteiger partial charge on any atom is 0.254 e. The van der Waals surface area contributed by atoms with Gasteiger partial charge in [-0.1, -0.05) is 6.07 Å². The van der Waals surface area contributed by atoms with Gasteiger partial charge in [-0.2, -0.15) is 4.31 Å². The van der Waals surface area contributed by atoms with Crippen LogP contribution in [0.4, 0.5) is 0 Å². The Hall–Kier alpha value is -2.62. The number of carbonyl (C=O) groups excluding carboxylic acids is 1. The van der Waals surface area contributed by atoms with Crippen LogP contribution in [0.25, 0.3) is 0 Å². The Labute approximate surface area is 200 Å². The average molecular weight is 487 g/mol. The van der Waals surface area contributed by atoms with Crippen LogP contribution in [0, 0.1) is 0 Å². The Balaban J connectivity index is 1.34. The second kappa shape index (κ2) is 9.20. The number of hydrogen-bond acceptors (Lipinski definition) is 6. The number of ether oxygens (including phenoxy) is 3. The van der Waals surface area contributed by atoms with Gasteiger partial charge in [0.2, 0.25) is 10.0 Å². The molecule has 3 atom stereocenters. The fourth-order valence-corrected chi connectivity index (χ4v) is 6.63. The summed E-state index contributed by atoms with van der Waals surface area (Å²) in [6.45, 7) is 6.08. The predicted molar refractivity (Wildman–Crippen MR) is 126 cm³/mol. The number of rotatable bonds is 4. The molecule has 2 aromatic carbocycles. The zero-order chi connectivity index (χ0) is 23.9. The fraction of sp³-hybridized carbons (Fsp3) is 0.480. The molecule has 0 bridgehead atoms. The maximum absolute atomic E-state index is 13.4. The topological polar surface area (TPSA) is 85.4 Å². The van der Waals surface area contributed by atoms with E-state index in [0.717, 1.165) is 24.2 Å². The van der Waals surface area contributed by atoms with Gasteiger partial charge in [0.15, 0.2) is 11.5 Å². The Morgan fingerprint density at radius 1 is 0.941 bits per heavy atom. The molecule has 2 fully saturated rings. The van der Waals surface area contributed by atoms with Crippen LogP contribution in [0.2, 0.25) is 0 Å². The SMILES string of the molecule is C[C@@H]1CN(S(=O)(=O)c2ccc(C(=O)N3CCC[C@@H]3c3ccc4c(c3)OCCO4)cc2)C[C@H](C)O1. The van der Waals surface area contributed by atoms with Gasteiger partial charge in [0.25, 0.3) is 5.91 Å². The molecule has 3 aliphatic heterocycles. The minimum absolute atomic E-state index is 0.0527. The second-order valence-corrected chi connectivity index (χ2v) is 11.1. The lowest BCUT2D eigenvalue weighted by Gasteiger charge is -2.34. The highest BCUT2D eigenvalue weighted by Crippen LogP contribution is 2.38. The van der Waals surface area contributed by atoms with Gasteiger partial charge in [0, 0.05) is 25.2 Å². The van der Waals surface area contributed by atoms with E-state index in [4.69, 9.17) is 14.2 Å². The van der Waals surface area contributed by atoms with Gasteiger partial charge in [-0.15, -0.1) is 0 Å². The van der Waals surface area contributed by atoms with Crippen LogP contribution in [-0.2, 0) is 14.8 Å². The van der Waals surface area contributed by atoms with Crippen LogP contribution < -0.4 is 9.47 Å². The van der Waals surface area contributed by atoms with Crippen LogP contribution in [-0.4, -0.2) is 68.6 Å². The Morgan fingerprint density at radius 3 is 2.32 bits per heavy atom. The molecule has 0 aromatic heterocycles. The van der Waals surface area contributed by atoms with Crippen LogP contribution in [0.3, 0.4) is 0 Å². The van der Waals surface area contributed by atoms with Crippen LogP contribution in [0.1, 0.15) is 48.7 Å². The Kier molecular flexibility index (Phi) is 6.26. The largest absolute Gasteiger partial charge is 0.486 e. The molecule has 1 amide bonds. The molecule has 0 saturated carbocycles. The van der Waals surface area contributed by atoms with E-state index in [-0.39, 0.29) is 29.1 Å².